The molecule has 2 bridgehead atoms. The quantitative estimate of drug-likeness (QED) is 0.799. The first-order valence-electron chi connectivity index (χ1n) is 5.94. The lowest BCUT2D eigenvalue weighted by Gasteiger charge is -2.71. The topological polar surface area (TPSA) is 43.4 Å². The Morgan fingerprint density at radius 1 is 1.28 bits per heavy atom. The molecule has 0 aliphatic heterocycles. The Kier molecular flexibility index (Phi) is 2.49. The number of ether oxygens (including phenoxy) is 1. The largest absolute Gasteiger partial charge is 0.496 e. The van der Waals surface area contributed by atoms with Gasteiger partial charge in [-0.25, -0.2) is 8.42 Å². The van der Waals surface area contributed by atoms with E-state index in [1.807, 2.05) is 18.2 Å². The lowest BCUT2D eigenvalue weighted by atomic mass is 9.34. The van der Waals surface area contributed by atoms with E-state index in [4.69, 9.17) is 15.4 Å². The number of rotatable bonds is 4. The number of hydrogen-bond acceptors (Lipinski definition) is 3. The molecule has 3 aliphatic carbocycles. The number of hydrogen-bond donors (Lipinski definition) is 0. The standard InChI is InChI=1S/C13H15ClO3S/c1-17-11-5-3-2-4-10(11)13-6-12(7-13,8-13)9-18(14,15)16/h2-5H,6-9H2,1H3. The number of halogens is 1. The van der Waals surface area contributed by atoms with Crippen LogP contribution in [-0.2, 0) is 14.5 Å². The Hall–Kier alpha value is -0.740. The highest BCUT2D eigenvalue weighted by Gasteiger charge is 2.69. The van der Waals surface area contributed by atoms with Gasteiger partial charge in [0.05, 0.1) is 12.9 Å². The summed E-state index contributed by atoms with van der Waals surface area (Å²) < 4.78 is 27.7. The zero-order valence-corrected chi connectivity index (χ0v) is 11.7. The maximum Gasteiger partial charge on any atom is 0.233 e. The van der Waals surface area contributed by atoms with Crippen LogP contribution >= 0.6 is 10.7 Å². The van der Waals surface area contributed by atoms with Crippen molar-refractivity contribution in [2.24, 2.45) is 5.41 Å². The molecular weight excluding hydrogens is 272 g/mol. The van der Waals surface area contributed by atoms with Crippen molar-refractivity contribution in [3.05, 3.63) is 29.8 Å². The Bertz CT molecular complexity index is 574. The van der Waals surface area contributed by atoms with Crippen molar-refractivity contribution in [1.29, 1.82) is 0 Å². The van der Waals surface area contributed by atoms with E-state index in [2.05, 4.69) is 6.07 Å². The molecule has 0 N–H and O–H groups in total. The molecule has 98 valence electrons. The van der Waals surface area contributed by atoms with Gasteiger partial charge in [0, 0.05) is 21.7 Å². The van der Waals surface area contributed by atoms with Crippen molar-refractivity contribution in [3.8, 4) is 5.75 Å². The second-order valence-electron chi connectivity index (χ2n) is 5.69. The lowest BCUT2D eigenvalue weighted by molar-refractivity contribution is -0.123. The molecule has 0 atom stereocenters. The Morgan fingerprint density at radius 2 is 1.89 bits per heavy atom. The predicted molar refractivity (Wildman–Crippen MR) is 70.6 cm³/mol. The molecule has 0 spiro atoms. The summed E-state index contributed by atoms with van der Waals surface area (Å²) in [5.41, 5.74) is 1.27. The first-order valence-corrected chi connectivity index (χ1v) is 8.42. The Balaban J connectivity index is 1.80. The fraction of sp³-hybridized carbons (Fsp3) is 0.538. The van der Waals surface area contributed by atoms with Gasteiger partial charge in [0.25, 0.3) is 0 Å². The summed E-state index contributed by atoms with van der Waals surface area (Å²) in [6.07, 6.45) is 2.73. The fourth-order valence-electron chi connectivity index (χ4n) is 3.89. The first kappa shape index (κ1) is 12.3. The third kappa shape index (κ3) is 1.74. The monoisotopic (exact) mass is 286 g/mol. The first-order chi connectivity index (χ1) is 8.38. The summed E-state index contributed by atoms with van der Waals surface area (Å²) in [7, 11) is 3.63. The maximum atomic E-state index is 11.2. The van der Waals surface area contributed by atoms with E-state index < -0.39 is 9.05 Å². The number of methoxy groups -OCH3 is 1. The van der Waals surface area contributed by atoms with Crippen LogP contribution in [0.5, 0.6) is 5.75 Å². The Labute approximate surface area is 112 Å². The van der Waals surface area contributed by atoms with Gasteiger partial charge in [-0.2, -0.15) is 0 Å². The molecule has 0 heterocycles. The molecule has 1 aromatic carbocycles. The van der Waals surface area contributed by atoms with Gasteiger partial charge < -0.3 is 4.74 Å². The van der Waals surface area contributed by atoms with Crippen molar-refractivity contribution in [3.63, 3.8) is 0 Å². The van der Waals surface area contributed by atoms with E-state index in [0.29, 0.717) is 0 Å². The summed E-state index contributed by atoms with van der Waals surface area (Å²) in [6.45, 7) is 0. The summed E-state index contributed by atoms with van der Waals surface area (Å²) in [6, 6.07) is 7.99. The van der Waals surface area contributed by atoms with Crippen LogP contribution in [0.4, 0.5) is 0 Å². The molecule has 18 heavy (non-hydrogen) atoms. The molecular formula is C13H15ClO3S. The van der Waals surface area contributed by atoms with Crippen molar-refractivity contribution >= 4 is 19.7 Å². The second kappa shape index (κ2) is 3.64. The minimum absolute atomic E-state index is 0.0680. The molecule has 0 amide bonds. The van der Waals surface area contributed by atoms with Gasteiger partial charge >= 0.3 is 0 Å². The van der Waals surface area contributed by atoms with Crippen LogP contribution in [0.2, 0.25) is 0 Å². The highest BCUT2D eigenvalue weighted by Crippen LogP contribution is 2.74. The van der Waals surface area contributed by atoms with Crippen LogP contribution in [-0.4, -0.2) is 21.3 Å². The van der Waals surface area contributed by atoms with E-state index >= 15 is 0 Å². The van der Waals surface area contributed by atoms with E-state index in [9.17, 15) is 8.42 Å². The van der Waals surface area contributed by atoms with Crippen molar-refractivity contribution in [2.45, 2.75) is 24.7 Å². The van der Waals surface area contributed by atoms with Crippen LogP contribution in [0, 0.1) is 5.41 Å². The average molecular weight is 287 g/mol. The van der Waals surface area contributed by atoms with Gasteiger partial charge in [0.1, 0.15) is 5.75 Å². The minimum atomic E-state index is -3.39. The zero-order valence-electron chi connectivity index (χ0n) is 10.1. The van der Waals surface area contributed by atoms with Crippen molar-refractivity contribution < 1.29 is 13.2 Å². The third-order valence-corrected chi connectivity index (χ3v) is 5.58. The van der Waals surface area contributed by atoms with Crippen LogP contribution < -0.4 is 4.74 Å². The van der Waals surface area contributed by atoms with Crippen molar-refractivity contribution in [2.75, 3.05) is 12.9 Å². The molecule has 0 saturated heterocycles. The van der Waals surface area contributed by atoms with Crippen LogP contribution in [0.1, 0.15) is 24.8 Å². The van der Waals surface area contributed by atoms with Crippen molar-refractivity contribution in [1.82, 2.24) is 0 Å². The summed E-state index contributed by atoms with van der Waals surface area (Å²) in [4.78, 5) is 0. The number of para-hydroxylation sites is 1. The molecule has 0 aromatic heterocycles. The van der Waals surface area contributed by atoms with Gasteiger partial charge in [0.2, 0.25) is 9.05 Å². The van der Waals surface area contributed by atoms with E-state index in [1.165, 1.54) is 5.56 Å². The molecule has 0 radical (unpaired) electrons. The number of benzene rings is 1. The Morgan fingerprint density at radius 3 is 2.44 bits per heavy atom. The smallest absolute Gasteiger partial charge is 0.233 e. The molecule has 1 aromatic rings. The van der Waals surface area contributed by atoms with Gasteiger partial charge in [-0.1, -0.05) is 18.2 Å². The highest BCUT2D eigenvalue weighted by molar-refractivity contribution is 8.13. The normalized spacial score (nSPS) is 33.4. The fourth-order valence-corrected chi connectivity index (χ4v) is 5.62. The van der Waals surface area contributed by atoms with Gasteiger partial charge in [-0.15, -0.1) is 0 Å². The molecule has 3 nitrogen and oxygen atoms in total. The average Bonchev–Trinajstić information content (AvgIpc) is 2.20. The van der Waals surface area contributed by atoms with E-state index in [-0.39, 0.29) is 16.6 Å². The minimum Gasteiger partial charge on any atom is -0.496 e. The molecule has 5 heteroatoms. The maximum absolute atomic E-state index is 11.2. The molecule has 3 aliphatic rings. The van der Waals surface area contributed by atoms with Gasteiger partial charge in [0.15, 0.2) is 0 Å². The van der Waals surface area contributed by atoms with Gasteiger partial charge in [-0.3, -0.25) is 0 Å². The molecule has 4 rings (SSSR count). The summed E-state index contributed by atoms with van der Waals surface area (Å²) in [5, 5.41) is 0. The predicted octanol–water partition coefficient (Wildman–Crippen LogP) is 2.69. The van der Waals surface area contributed by atoms with Crippen LogP contribution in [0.3, 0.4) is 0 Å². The highest BCUT2D eigenvalue weighted by atomic mass is 35.7. The summed E-state index contributed by atoms with van der Waals surface area (Å²) >= 11 is 0. The van der Waals surface area contributed by atoms with Gasteiger partial charge in [-0.05, 0) is 30.7 Å². The molecule has 3 saturated carbocycles. The molecule has 3 fully saturated rings. The second-order valence-corrected chi connectivity index (χ2v) is 8.47. The zero-order chi connectivity index (χ0) is 13.0. The SMILES string of the molecule is COc1ccccc1C12CC(CS(=O)(=O)Cl)(C1)C2. The lowest BCUT2D eigenvalue weighted by Crippen LogP contribution is -2.66. The van der Waals surface area contributed by atoms with E-state index in [0.717, 1.165) is 25.0 Å². The van der Waals surface area contributed by atoms with E-state index in [1.54, 1.807) is 7.11 Å². The molecule has 0 unspecified atom stereocenters. The summed E-state index contributed by atoms with van der Waals surface area (Å²) in [5.74, 6) is 1.01. The third-order valence-electron chi connectivity index (χ3n) is 4.30. The van der Waals surface area contributed by atoms with Crippen LogP contribution in [0.25, 0.3) is 0 Å². The van der Waals surface area contributed by atoms with Crippen LogP contribution in [0.15, 0.2) is 24.3 Å².